The van der Waals surface area contributed by atoms with Crippen LogP contribution in [0, 0.1) is 5.82 Å². The number of amides is 1. The molecule has 1 aromatic carbocycles. The predicted molar refractivity (Wildman–Crippen MR) is 96.8 cm³/mol. The van der Waals surface area contributed by atoms with E-state index < -0.39 is 0 Å². The minimum atomic E-state index is -0.329. The first-order chi connectivity index (χ1) is 12.6. The van der Waals surface area contributed by atoms with Gasteiger partial charge in [0.1, 0.15) is 5.82 Å². The highest BCUT2D eigenvalue weighted by molar-refractivity contribution is 7.12. The summed E-state index contributed by atoms with van der Waals surface area (Å²) >= 11 is 1.37. The van der Waals surface area contributed by atoms with E-state index in [4.69, 9.17) is 0 Å². The topological polar surface area (TPSA) is 68.9 Å². The molecule has 1 aliphatic carbocycles. The van der Waals surface area contributed by atoms with Gasteiger partial charge in [-0.2, -0.15) is 0 Å². The SMILES string of the molecule is O=C(NCCn1nc(-c2ccc(F)cc2)n(C2CC2)c1=O)c1cccs1. The third-order valence-corrected chi connectivity index (χ3v) is 5.11. The summed E-state index contributed by atoms with van der Waals surface area (Å²) in [6.45, 7) is 0.588. The fourth-order valence-electron chi connectivity index (χ4n) is 2.79. The van der Waals surface area contributed by atoms with Crippen molar-refractivity contribution < 1.29 is 9.18 Å². The van der Waals surface area contributed by atoms with Crippen LogP contribution in [0.5, 0.6) is 0 Å². The first kappa shape index (κ1) is 16.7. The van der Waals surface area contributed by atoms with Crippen molar-refractivity contribution in [2.24, 2.45) is 0 Å². The largest absolute Gasteiger partial charge is 0.349 e. The number of hydrogen-bond acceptors (Lipinski definition) is 4. The van der Waals surface area contributed by atoms with Crippen LogP contribution < -0.4 is 11.0 Å². The summed E-state index contributed by atoms with van der Waals surface area (Å²) in [6, 6.07) is 9.68. The molecular formula is C18H17FN4O2S. The van der Waals surface area contributed by atoms with Crippen LogP contribution in [0.1, 0.15) is 28.6 Å². The molecule has 0 aliphatic heterocycles. The van der Waals surface area contributed by atoms with E-state index in [0.29, 0.717) is 22.8 Å². The number of carbonyl (C=O) groups is 1. The number of thiophene rings is 1. The van der Waals surface area contributed by atoms with Crippen molar-refractivity contribution in [3.8, 4) is 11.4 Å². The molecule has 3 aromatic rings. The molecule has 0 atom stereocenters. The second kappa shape index (κ2) is 6.87. The average Bonchev–Trinajstić information content (AvgIpc) is 3.20. The van der Waals surface area contributed by atoms with Crippen LogP contribution in [0.15, 0.2) is 46.6 Å². The lowest BCUT2D eigenvalue weighted by atomic mass is 10.2. The Morgan fingerprint density at radius 2 is 2.04 bits per heavy atom. The van der Waals surface area contributed by atoms with Gasteiger partial charge in [-0.15, -0.1) is 16.4 Å². The van der Waals surface area contributed by atoms with E-state index in [2.05, 4.69) is 10.4 Å². The van der Waals surface area contributed by atoms with E-state index in [1.165, 1.54) is 28.2 Å². The molecule has 26 heavy (non-hydrogen) atoms. The second-order valence-electron chi connectivity index (χ2n) is 6.17. The maximum atomic E-state index is 13.2. The molecule has 6 nitrogen and oxygen atoms in total. The predicted octanol–water partition coefficient (Wildman–Crippen LogP) is 2.68. The zero-order valence-corrected chi connectivity index (χ0v) is 14.7. The number of rotatable bonds is 6. The Bertz CT molecular complexity index is 972. The van der Waals surface area contributed by atoms with Crippen LogP contribution in [0.4, 0.5) is 4.39 Å². The minimum Gasteiger partial charge on any atom is -0.349 e. The molecule has 2 aromatic heterocycles. The van der Waals surface area contributed by atoms with Crippen LogP contribution in [0.25, 0.3) is 11.4 Å². The Morgan fingerprint density at radius 1 is 1.27 bits per heavy atom. The highest BCUT2D eigenvalue weighted by Crippen LogP contribution is 2.36. The highest BCUT2D eigenvalue weighted by Gasteiger charge is 2.30. The molecule has 0 spiro atoms. The van der Waals surface area contributed by atoms with Crippen molar-refractivity contribution in [1.82, 2.24) is 19.7 Å². The molecular weight excluding hydrogens is 355 g/mol. The van der Waals surface area contributed by atoms with E-state index in [9.17, 15) is 14.0 Å². The number of carbonyl (C=O) groups excluding carboxylic acids is 1. The van der Waals surface area contributed by atoms with E-state index in [-0.39, 0.29) is 30.0 Å². The van der Waals surface area contributed by atoms with Gasteiger partial charge in [0.2, 0.25) is 0 Å². The van der Waals surface area contributed by atoms with Crippen molar-refractivity contribution in [1.29, 1.82) is 0 Å². The summed E-state index contributed by atoms with van der Waals surface area (Å²) in [4.78, 5) is 25.3. The molecule has 0 radical (unpaired) electrons. The van der Waals surface area contributed by atoms with Gasteiger partial charge in [-0.1, -0.05) is 6.07 Å². The molecule has 0 saturated heterocycles. The van der Waals surface area contributed by atoms with Crippen LogP contribution >= 0.6 is 11.3 Å². The second-order valence-corrected chi connectivity index (χ2v) is 7.12. The Labute approximate surface area is 152 Å². The number of nitrogens with one attached hydrogen (secondary N) is 1. The molecule has 2 heterocycles. The summed E-state index contributed by atoms with van der Waals surface area (Å²) in [6.07, 6.45) is 1.88. The quantitative estimate of drug-likeness (QED) is 0.723. The summed E-state index contributed by atoms with van der Waals surface area (Å²) in [5, 5.41) is 9.06. The maximum absolute atomic E-state index is 13.2. The van der Waals surface area contributed by atoms with Crippen molar-refractivity contribution in [3.05, 3.63) is 63.0 Å². The fourth-order valence-corrected chi connectivity index (χ4v) is 3.43. The summed E-state index contributed by atoms with van der Waals surface area (Å²) < 4.78 is 16.2. The van der Waals surface area contributed by atoms with Crippen molar-refractivity contribution in [2.45, 2.75) is 25.4 Å². The number of halogens is 1. The summed E-state index contributed by atoms with van der Waals surface area (Å²) in [7, 11) is 0. The summed E-state index contributed by atoms with van der Waals surface area (Å²) in [5.41, 5.74) is 0.508. The maximum Gasteiger partial charge on any atom is 0.346 e. The highest BCUT2D eigenvalue weighted by atomic mass is 32.1. The third-order valence-electron chi connectivity index (χ3n) is 4.24. The molecule has 1 aliphatic rings. The molecule has 1 amide bonds. The van der Waals surface area contributed by atoms with E-state index in [0.717, 1.165) is 12.8 Å². The Hall–Kier alpha value is -2.74. The van der Waals surface area contributed by atoms with Crippen molar-refractivity contribution >= 4 is 17.2 Å². The van der Waals surface area contributed by atoms with Gasteiger partial charge in [-0.05, 0) is 48.6 Å². The zero-order chi connectivity index (χ0) is 18.1. The zero-order valence-electron chi connectivity index (χ0n) is 13.9. The smallest absolute Gasteiger partial charge is 0.346 e. The first-order valence-electron chi connectivity index (χ1n) is 8.40. The molecule has 1 saturated carbocycles. The molecule has 1 N–H and O–H groups in total. The molecule has 134 valence electrons. The van der Waals surface area contributed by atoms with Gasteiger partial charge in [0, 0.05) is 18.2 Å². The van der Waals surface area contributed by atoms with Crippen LogP contribution in [0.3, 0.4) is 0 Å². The Balaban J connectivity index is 1.53. The number of benzene rings is 1. The van der Waals surface area contributed by atoms with Gasteiger partial charge in [0.25, 0.3) is 5.91 Å². The minimum absolute atomic E-state index is 0.150. The van der Waals surface area contributed by atoms with E-state index >= 15 is 0 Å². The molecule has 4 rings (SSSR count). The molecule has 0 unspecified atom stereocenters. The normalized spacial score (nSPS) is 13.7. The number of hydrogen-bond donors (Lipinski definition) is 1. The van der Waals surface area contributed by atoms with E-state index in [1.54, 1.807) is 22.8 Å². The van der Waals surface area contributed by atoms with Gasteiger partial charge in [0.05, 0.1) is 11.4 Å². The molecule has 1 fully saturated rings. The fraction of sp³-hybridized carbons (Fsp3) is 0.278. The standard InChI is InChI=1S/C18H17FN4O2S/c19-13-5-3-12(4-6-13)16-21-22(18(25)23(16)14-7-8-14)10-9-20-17(24)15-2-1-11-26-15/h1-6,11,14H,7-10H2,(H,20,24). The monoisotopic (exact) mass is 372 g/mol. The number of nitrogens with zero attached hydrogens (tertiary/aromatic N) is 3. The lowest BCUT2D eigenvalue weighted by molar-refractivity contribution is 0.0956. The van der Waals surface area contributed by atoms with E-state index in [1.807, 2.05) is 11.4 Å². The van der Waals surface area contributed by atoms with Crippen molar-refractivity contribution in [2.75, 3.05) is 6.54 Å². The van der Waals surface area contributed by atoms with Gasteiger partial charge >= 0.3 is 5.69 Å². The van der Waals surface area contributed by atoms with Crippen LogP contribution in [-0.4, -0.2) is 26.8 Å². The van der Waals surface area contributed by atoms with Gasteiger partial charge in [-0.25, -0.2) is 13.9 Å². The average molecular weight is 372 g/mol. The Morgan fingerprint density at radius 3 is 2.69 bits per heavy atom. The Kier molecular flexibility index (Phi) is 4.42. The number of aromatic nitrogens is 3. The lowest BCUT2D eigenvalue weighted by Crippen LogP contribution is -2.31. The third kappa shape index (κ3) is 3.32. The van der Waals surface area contributed by atoms with Gasteiger partial charge in [0.15, 0.2) is 5.82 Å². The first-order valence-corrected chi connectivity index (χ1v) is 9.28. The molecule has 0 bridgehead atoms. The lowest BCUT2D eigenvalue weighted by Gasteiger charge is -2.03. The van der Waals surface area contributed by atoms with Crippen LogP contribution in [0.2, 0.25) is 0 Å². The summed E-state index contributed by atoms with van der Waals surface area (Å²) in [5.74, 6) is 0.0558. The van der Waals surface area contributed by atoms with Gasteiger partial charge < -0.3 is 5.32 Å². The van der Waals surface area contributed by atoms with Gasteiger partial charge in [-0.3, -0.25) is 9.36 Å². The van der Waals surface area contributed by atoms with Crippen LogP contribution in [-0.2, 0) is 6.54 Å². The molecule has 8 heteroatoms. The van der Waals surface area contributed by atoms with Crippen molar-refractivity contribution in [3.63, 3.8) is 0 Å².